The molecule has 87 valence electrons. The molecule has 0 unspecified atom stereocenters. The average molecular weight is 232 g/mol. The molecular weight excluding hydrogens is 220 g/mol. The molecule has 2 aromatic carbocycles. The summed E-state index contributed by atoms with van der Waals surface area (Å²) in [6.45, 7) is 0.676. The molecule has 0 atom stereocenters. The maximum absolute atomic E-state index is 12.9. The Morgan fingerprint density at radius 2 is 1.76 bits per heavy atom. The molecule has 0 aliphatic carbocycles. The van der Waals surface area contributed by atoms with Gasteiger partial charge in [-0.2, -0.15) is 0 Å². The van der Waals surface area contributed by atoms with Gasteiger partial charge in [0.25, 0.3) is 0 Å². The number of benzene rings is 2. The topological polar surface area (TPSA) is 12.0 Å². The fourth-order valence-corrected chi connectivity index (χ4v) is 1.55. The smallest absolute Gasteiger partial charge is 0.159 e. The highest BCUT2D eigenvalue weighted by Crippen LogP contribution is 2.10. The first-order valence-electron chi connectivity index (χ1n) is 5.39. The van der Waals surface area contributed by atoms with Gasteiger partial charge < -0.3 is 5.32 Å². The number of hydrogen-bond donors (Lipinski definition) is 1. The number of anilines is 1. The minimum absolute atomic E-state index is 0.649. The van der Waals surface area contributed by atoms with E-state index in [1.54, 1.807) is 6.07 Å². The fourth-order valence-electron chi connectivity index (χ4n) is 1.55. The first-order valence-corrected chi connectivity index (χ1v) is 5.39. The molecule has 0 aliphatic rings. The Balaban J connectivity index is 1.88. The fraction of sp³-hybridized carbons (Fsp3) is 0.143. The Morgan fingerprint density at radius 3 is 2.47 bits per heavy atom. The van der Waals surface area contributed by atoms with E-state index in [-0.39, 0.29) is 0 Å². The van der Waals surface area contributed by atoms with Crippen LogP contribution in [-0.2, 0) is 6.42 Å². The molecule has 0 heterocycles. The zero-order valence-electron chi connectivity index (χ0n) is 9.21. The summed E-state index contributed by atoms with van der Waals surface area (Å²) in [6.07, 6.45) is 0.649. The predicted molar refractivity (Wildman–Crippen MR) is 63.8 cm³/mol. The second-order valence-corrected chi connectivity index (χ2v) is 3.71. The normalized spacial score (nSPS) is 10.2. The van der Waals surface area contributed by atoms with E-state index >= 15 is 0 Å². The molecule has 2 rings (SSSR count). The lowest BCUT2D eigenvalue weighted by molar-refractivity contribution is 0.507. The van der Waals surface area contributed by atoms with Crippen LogP contribution < -0.4 is 5.32 Å². The van der Waals surface area contributed by atoms with Gasteiger partial charge in [-0.25, -0.2) is 8.78 Å². The summed E-state index contributed by atoms with van der Waals surface area (Å²) in [5.41, 5.74) is 1.77. The molecule has 0 saturated heterocycles. The van der Waals surface area contributed by atoms with Gasteiger partial charge in [-0.3, -0.25) is 0 Å². The van der Waals surface area contributed by atoms with Crippen LogP contribution in [0.25, 0.3) is 0 Å². The summed E-state index contributed by atoms with van der Waals surface area (Å²) in [5.74, 6) is -1.60. The molecule has 1 radical (unpaired) electrons. The summed E-state index contributed by atoms with van der Waals surface area (Å²) < 4.78 is 25.6. The molecule has 0 aliphatic heterocycles. The SMILES string of the molecule is Fc1ccc(CCNc2cc[c]cc2)cc1F. The van der Waals surface area contributed by atoms with Gasteiger partial charge in [0, 0.05) is 12.2 Å². The highest BCUT2D eigenvalue weighted by molar-refractivity contribution is 5.42. The van der Waals surface area contributed by atoms with Crippen molar-refractivity contribution in [1.29, 1.82) is 0 Å². The molecule has 1 nitrogen and oxygen atoms in total. The Morgan fingerprint density at radius 1 is 1.00 bits per heavy atom. The molecule has 1 N–H and O–H groups in total. The molecule has 2 aromatic rings. The lowest BCUT2D eigenvalue weighted by Crippen LogP contribution is -2.05. The lowest BCUT2D eigenvalue weighted by atomic mass is 10.1. The van der Waals surface area contributed by atoms with Gasteiger partial charge in [-0.05, 0) is 42.3 Å². The van der Waals surface area contributed by atoms with Crippen molar-refractivity contribution in [2.45, 2.75) is 6.42 Å². The summed E-state index contributed by atoms with van der Waals surface area (Å²) in [5, 5.41) is 3.19. The second kappa shape index (κ2) is 5.43. The monoisotopic (exact) mass is 232 g/mol. The van der Waals surface area contributed by atoms with Gasteiger partial charge in [0.2, 0.25) is 0 Å². The number of hydrogen-bond acceptors (Lipinski definition) is 1. The summed E-state index contributed by atoms with van der Waals surface area (Å²) >= 11 is 0. The summed E-state index contributed by atoms with van der Waals surface area (Å²) in [6, 6.07) is 14.4. The summed E-state index contributed by atoms with van der Waals surface area (Å²) in [7, 11) is 0. The Hall–Kier alpha value is -1.90. The van der Waals surface area contributed by atoms with Crippen molar-refractivity contribution < 1.29 is 8.78 Å². The van der Waals surface area contributed by atoms with E-state index in [2.05, 4.69) is 11.4 Å². The maximum atomic E-state index is 12.9. The van der Waals surface area contributed by atoms with Crippen molar-refractivity contribution in [3.05, 3.63) is 65.7 Å². The molecule has 17 heavy (non-hydrogen) atoms. The minimum atomic E-state index is -0.805. The molecule has 0 spiro atoms. The highest BCUT2D eigenvalue weighted by Gasteiger charge is 2.01. The second-order valence-electron chi connectivity index (χ2n) is 3.71. The van der Waals surface area contributed by atoms with Crippen molar-refractivity contribution in [2.75, 3.05) is 11.9 Å². The van der Waals surface area contributed by atoms with Crippen molar-refractivity contribution >= 4 is 5.69 Å². The van der Waals surface area contributed by atoms with E-state index in [9.17, 15) is 8.78 Å². The van der Waals surface area contributed by atoms with Crippen LogP contribution in [0.1, 0.15) is 5.56 Å². The molecule has 0 bridgehead atoms. The average Bonchev–Trinajstić information content (AvgIpc) is 2.35. The minimum Gasteiger partial charge on any atom is -0.385 e. The molecular formula is C14H12F2N. The van der Waals surface area contributed by atoms with Crippen LogP contribution in [0.4, 0.5) is 14.5 Å². The maximum Gasteiger partial charge on any atom is 0.159 e. The van der Waals surface area contributed by atoms with Crippen LogP contribution in [0.3, 0.4) is 0 Å². The molecule has 0 amide bonds. The van der Waals surface area contributed by atoms with Crippen molar-refractivity contribution in [1.82, 2.24) is 0 Å². The van der Waals surface area contributed by atoms with Gasteiger partial charge in [0.05, 0.1) is 0 Å². The van der Waals surface area contributed by atoms with Crippen LogP contribution in [0.15, 0.2) is 42.5 Å². The third-order valence-electron chi connectivity index (χ3n) is 2.45. The van der Waals surface area contributed by atoms with Crippen LogP contribution in [-0.4, -0.2) is 6.54 Å². The van der Waals surface area contributed by atoms with Crippen LogP contribution >= 0.6 is 0 Å². The van der Waals surface area contributed by atoms with Gasteiger partial charge in [-0.1, -0.05) is 18.2 Å². The van der Waals surface area contributed by atoms with Gasteiger partial charge >= 0.3 is 0 Å². The standard InChI is InChI=1S/C14H12F2N/c15-13-7-6-11(10-14(13)16)8-9-17-12-4-2-1-3-5-12/h2-7,10,17H,8-9H2. The predicted octanol–water partition coefficient (Wildman–Crippen LogP) is 3.42. The van der Waals surface area contributed by atoms with Gasteiger partial charge in [-0.15, -0.1) is 0 Å². The first kappa shape index (κ1) is 11.6. The number of nitrogens with one attached hydrogen (secondary N) is 1. The van der Waals surface area contributed by atoms with E-state index in [4.69, 9.17) is 0 Å². The largest absolute Gasteiger partial charge is 0.385 e. The van der Waals surface area contributed by atoms with E-state index < -0.39 is 11.6 Å². The Labute approximate surface area is 99.1 Å². The van der Waals surface area contributed by atoms with Crippen molar-refractivity contribution in [3.8, 4) is 0 Å². The van der Waals surface area contributed by atoms with Gasteiger partial charge in [0.1, 0.15) is 0 Å². The molecule has 0 fully saturated rings. The highest BCUT2D eigenvalue weighted by atomic mass is 19.2. The number of rotatable bonds is 4. The Kier molecular flexibility index (Phi) is 3.70. The van der Waals surface area contributed by atoms with Crippen LogP contribution in [0, 0.1) is 17.7 Å². The quantitative estimate of drug-likeness (QED) is 0.851. The Bertz CT molecular complexity index is 483. The van der Waals surface area contributed by atoms with Crippen LogP contribution in [0.2, 0.25) is 0 Å². The van der Waals surface area contributed by atoms with Crippen molar-refractivity contribution in [3.63, 3.8) is 0 Å². The van der Waals surface area contributed by atoms with Crippen molar-refractivity contribution in [2.24, 2.45) is 0 Å². The van der Waals surface area contributed by atoms with Gasteiger partial charge in [0.15, 0.2) is 11.6 Å². The van der Waals surface area contributed by atoms with Crippen LogP contribution in [0.5, 0.6) is 0 Å². The van der Waals surface area contributed by atoms with E-state index in [1.165, 1.54) is 6.07 Å². The zero-order valence-corrected chi connectivity index (χ0v) is 9.21. The molecule has 3 heteroatoms. The molecule has 0 saturated carbocycles. The lowest BCUT2D eigenvalue weighted by Gasteiger charge is -2.06. The summed E-state index contributed by atoms with van der Waals surface area (Å²) in [4.78, 5) is 0. The van der Waals surface area contributed by atoms with E-state index in [1.807, 2.05) is 24.3 Å². The first-order chi connectivity index (χ1) is 8.25. The third-order valence-corrected chi connectivity index (χ3v) is 2.45. The molecule has 0 aromatic heterocycles. The zero-order chi connectivity index (χ0) is 12.1. The third kappa shape index (κ3) is 3.28. The van der Waals surface area contributed by atoms with E-state index in [0.717, 1.165) is 17.3 Å². The van der Waals surface area contributed by atoms with E-state index in [0.29, 0.717) is 13.0 Å². The number of halogens is 2.